The number of hydrogen-bond donors (Lipinski definition) is 1. The second-order valence-corrected chi connectivity index (χ2v) is 6.02. The van der Waals surface area contributed by atoms with E-state index >= 15 is 0 Å². The summed E-state index contributed by atoms with van der Waals surface area (Å²) >= 11 is 1.44. The van der Waals surface area contributed by atoms with Crippen LogP contribution in [0, 0.1) is 18.3 Å². The molecule has 0 saturated carbocycles. The minimum atomic E-state index is 0.223. The lowest BCUT2D eigenvalue weighted by molar-refractivity contribution is 0.475. The second-order valence-electron chi connectivity index (χ2n) is 5.17. The molecule has 1 aromatic heterocycles. The van der Waals surface area contributed by atoms with Crippen molar-refractivity contribution in [1.29, 1.82) is 5.26 Å². The van der Waals surface area contributed by atoms with Crippen LogP contribution in [0.15, 0.2) is 53.9 Å². The summed E-state index contributed by atoms with van der Waals surface area (Å²) in [6.07, 6.45) is 1.85. The van der Waals surface area contributed by atoms with E-state index in [0.29, 0.717) is 10.6 Å². The molecule has 0 radical (unpaired) electrons. The minimum Gasteiger partial charge on any atom is -0.508 e. The molecule has 0 aliphatic heterocycles. The number of nitriles is 1. The van der Waals surface area contributed by atoms with Crippen molar-refractivity contribution in [2.75, 3.05) is 0 Å². The lowest BCUT2D eigenvalue weighted by atomic mass is 10.1. The highest BCUT2D eigenvalue weighted by molar-refractivity contribution is 7.11. The van der Waals surface area contributed by atoms with Crippen LogP contribution in [0.2, 0.25) is 0 Å². The Morgan fingerprint density at radius 1 is 1.13 bits per heavy atom. The highest BCUT2D eigenvalue weighted by atomic mass is 32.1. The summed E-state index contributed by atoms with van der Waals surface area (Å²) < 4.78 is 0. The van der Waals surface area contributed by atoms with Gasteiger partial charge in [0.2, 0.25) is 0 Å². The molecule has 4 heteroatoms. The van der Waals surface area contributed by atoms with Gasteiger partial charge in [-0.1, -0.05) is 29.8 Å². The first-order valence-corrected chi connectivity index (χ1v) is 7.97. The zero-order valence-corrected chi connectivity index (χ0v) is 13.3. The van der Waals surface area contributed by atoms with Crippen LogP contribution >= 0.6 is 11.3 Å². The summed E-state index contributed by atoms with van der Waals surface area (Å²) in [6, 6.07) is 17.1. The standard InChI is InChI=1S/C19H14N2OS/c1-13-2-4-14(5-3-13)10-16(11-20)19-21-18(12-23-19)15-6-8-17(22)9-7-15/h2-10,12,22H,1H3/b16-10+. The molecule has 23 heavy (non-hydrogen) atoms. The maximum absolute atomic E-state index is 9.43. The number of nitrogens with zero attached hydrogens (tertiary/aromatic N) is 2. The van der Waals surface area contributed by atoms with Crippen LogP contribution < -0.4 is 0 Å². The topological polar surface area (TPSA) is 56.9 Å². The predicted octanol–water partition coefficient (Wildman–Crippen LogP) is 4.89. The number of phenolic OH excluding ortho intramolecular Hbond substituents is 1. The van der Waals surface area contributed by atoms with Crippen molar-refractivity contribution in [3.8, 4) is 23.1 Å². The van der Waals surface area contributed by atoms with E-state index in [9.17, 15) is 10.4 Å². The number of benzene rings is 2. The molecule has 3 nitrogen and oxygen atoms in total. The Hall–Kier alpha value is -2.90. The van der Waals surface area contributed by atoms with E-state index in [4.69, 9.17) is 0 Å². The number of aromatic nitrogens is 1. The number of hydrogen-bond acceptors (Lipinski definition) is 4. The first kappa shape index (κ1) is 15.0. The average molecular weight is 318 g/mol. The quantitative estimate of drug-likeness (QED) is 0.700. The predicted molar refractivity (Wildman–Crippen MR) is 93.9 cm³/mol. The van der Waals surface area contributed by atoms with Crippen molar-refractivity contribution in [2.24, 2.45) is 0 Å². The average Bonchev–Trinajstić information content (AvgIpc) is 3.05. The summed E-state index contributed by atoms with van der Waals surface area (Å²) in [5.41, 5.74) is 4.43. The van der Waals surface area contributed by atoms with Crippen molar-refractivity contribution < 1.29 is 5.11 Å². The Morgan fingerprint density at radius 2 is 1.83 bits per heavy atom. The van der Waals surface area contributed by atoms with Crippen LogP contribution in [0.1, 0.15) is 16.1 Å². The van der Waals surface area contributed by atoms with Gasteiger partial charge in [0, 0.05) is 10.9 Å². The van der Waals surface area contributed by atoms with E-state index in [-0.39, 0.29) is 5.75 Å². The van der Waals surface area contributed by atoms with E-state index in [1.165, 1.54) is 16.9 Å². The molecule has 0 bridgehead atoms. The molecular formula is C19H14N2OS. The third-order valence-electron chi connectivity index (χ3n) is 3.41. The number of thiazole rings is 1. The van der Waals surface area contributed by atoms with Gasteiger partial charge in [-0.25, -0.2) is 4.98 Å². The highest BCUT2D eigenvalue weighted by Gasteiger charge is 2.09. The molecule has 0 amide bonds. The molecule has 0 atom stereocenters. The fraction of sp³-hybridized carbons (Fsp3) is 0.0526. The molecule has 112 valence electrons. The summed E-state index contributed by atoms with van der Waals surface area (Å²) in [5.74, 6) is 0.223. The van der Waals surface area contributed by atoms with Gasteiger partial charge >= 0.3 is 0 Å². The monoisotopic (exact) mass is 318 g/mol. The lowest BCUT2D eigenvalue weighted by Crippen LogP contribution is -1.83. The van der Waals surface area contributed by atoms with Gasteiger partial charge in [-0.15, -0.1) is 11.3 Å². The summed E-state index contributed by atoms with van der Waals surface area (Å²) in [4.78, 5) is 4.54. The van der Waals surface area contributed by atoms with Gasteiger partial charge in [0.25, 0.3) is 0 Å². The maximum atomic E-state index is 9.43. The number of rotatable bonds is 3. The first-order valence-electron chi connectivity index (χ1n) is 7.09. The van der Waals surface area contributed by atoms with Crippen LogP contribution in [0.4, 0.5) is 0 Å². The molecule has 1 N–H and O–H groups in total. The molecule has 1 heterocycles. The van der Waals surface area contributed by atoms with Gasteiger partial charge in [0.1, 0.15) is 16.8 Å². The normalized spacial score (nSPS) is 11.2. The molecule has 0 fully saturated rings. The zero-order valence-electron chi connectivity index (χ0n) is 12.5. The first-order chi connectivity index (χ1) is 11.2. The number of aryl methyl sites for hydroxylation is 1. The smallest absolute Gasteiger partial charge is 0.134 e. The van der Waals surface area contributed by atoms with Crippen molar-refractivity contribution in [3.63, 3.8) is 0 Å². The van der Waals surface area contributed by atoms with Gasteiger partial charge in [0.15, 0.2) is 0 Å². The van der Waals surface area contributed by atoms with Crippen molar-refractivity contribution in [3.05, 3.63) is 70.0 Å². The van der Waals surface area contributed by atoms with Crippen LogP contribution in [-0.4, -0.2) is 10.1 Å². The maximum Gasteiger partial charge on any atom is 0.134 e. The highest BCUT2D eigenvalue weighted by Crippen LogP contribution is 2.28. The summed E-state index contributed by atoms with van der Waals surface area (Å²) in [5, 5.41) is 21.4. The largest absolute Gasteiger partial charge is 0.508 e. The Labute approximate surface area is 138 Å². The van der Waals surface area contributed by atoms with Gasteiger partial charge in [0.05, 0.1) is 11.3 Å². The molecule has 0 spiro atoms. The Balaban J connectivity index is 1.92. The molecule has 3 aromatic rings. The molecular weight excluding hydrogens is 304 g/mol. The Kier molecular flexibility index (Phi) is 4.22. The van der Waals surface area contributed by atoms with E-state index in [0.717, 1.165) is 16.8 Å². The van der Waals surface area contributed by atoms with Crippen LogP contribution in [-0.2, 0) is 0 Å². The Morgan fingerprint density at radius 3 is 2.48 bits per heavy atom. The third-order valence-corrected chi connectivity index (χ3v) is 4.28. The fourth-order valence-electron chi connectivity index (χ4n) is 2.13. The molecule has 0 unspecified atom stereocenters. The van der Waals surface area contributed by atoms with E-state index in [2.05, 4.69) is 11.1 Å². The Bertz CT molecular complexity index is 884. The number of aromatic hydroxyl groups is 1. The molecule has 2 aromatic carbocycles. The van der Waals surface area contributed by atoms with Crippen LogP contribution in [0.3, 0.4) is 0 Å². The zero-order chi connectivity index (χ0) is 16.2. The van der Waals surface area contributed by atoms with Gasteiger partial charge in [-0.2, -0.15) is 5.26 Å². The van der Waals surface area contributed by atoms with Gasteiger partial charge in [-0.05, 0) is 42.8 Å². The van der Waals surface area contributed by atoms with Crippen LogP contribution in [0.5, 0.6) is 5.75 Å². The molecule has 0 aliphatic rings. The van der Waals surface area contributed by atoms with Crippen molar-refractivity contribution in [1.82, 2.24) is 4.98 Å². The van der Waals surface area contributed by atoms with Crippen LogP contribution in [0.25, 0.3) is 22.9 Å². The third kappa shape index (κ3) is 3.47. The van der Waals surface area contributed by atoms with Gasteiger partial charge in [-0.3, -0.25) is 0 Å². The van der Waals surface area contributed by atoms with Gasteiger partial charge < -0.3 is 5.11 Å². The van der Waals surface area contributed by atoms with E-state index in [1.54, 1.807) is 12.1 Å². The minimum absolute atomic E-state index is 0.223. The SMILES string of the molecule is Cc1ccc(/C=C(\C#N)c2nc(-c3ccc(O)cc3)cs2)cc1. The lowest BCUT2D eigenvalue weighted by Gasteiger charge is -1.98. The fourth-order valence-corrected chi connectivity index (χ4v) is 2.93. The number of allylic oxidation sites excluding steroid dienone is 1. The van der Waals surface area contributed by atoms with Crippen molar-refractivity contribution >= 4 is 23.0 Å². The second kappa shape index (κ2) is 6.47. The number of phenols is 1. The van der Waals surface area contributed by atoms with E-state index < -0.39 is 0 Å². The summed E-state index contributed by atoms with van der Waals surface area (Å²) in [6.45, 7) is 2.03. The molecule has 3 rings (SSSR count). The molecule has 0 saturated heterocycles. The van der Waals surface area contributed by atoms with Crippen molar-refractivity contribution in [2.45, 2.75) is 6.92 Å². The van der Waals surface area contributed by atoms with E-state index in [1.807, 2.05) is 54.8 Å². The summed E-state index contributed by atoms with van der Waals surface area (Å²) in [7, 11) is 0. The molecule has 0 aliphatic carbocycles.